The molecule has 1 aromatic heterocycles. The SMILES string of the molecule is CC1CCC(CN)C(c2cscc2C(F)F)N1. The van der Waals surface area contributed by atoms with Crippen molar-refractivity contribution in [1.82, 2.24) is 5.32 Å². The van der Waals surface area contributed by atoms with Gasteiger partial charge in [-0.1, -0.05) is 0 Å². The third-order valence-electron chi connectivity index (χ3n) is 3.50. The van der Waals surface area contributed by atoms with E-state index in [0.717, 1.165) is 18.4 Å². The van der Waals surface area contributed by atoms with E-state index in [9.17, 15) is 8.78 Å². The van der Waals surface area contributed by atoms with Gasteiger partial charge in [0, 0.05) is 17.6 Å². The van der Waals surface area contributed by atoms with Gasteiger partial charge in [0.15, 0.2) is 0 Å². The van der Waals surface area contributed by atoms with E-state index >= 15 is 0 Å². The lowest BCUT2D eigenvalue weighted by Crippen LogP contribution is -2.42. The van der Waals surface area contributed by atoms with Crippen molar-refractivity contribution in [3.63, 3.8) is 0 Å². The molecule has 2 nitrogen and oxygen atoms in total. The van der Waals surface area contributed by atoms with E-state index in [2.05, 4.69) is 12.2 Å². The van der Waals surface area contributed by atoms with Crippen LogP contribution in [0.4, 0.5) is 8.78 Å². The second kappa shape index (κ2) is 5.42. The standard InChI is InChI=1S/C12H18F2N2S/c1-7-2-3-8(4-15)11(16-7)9-5-17-6-10(9)12(13)14/h5-8,11-12,16H,2-4,15H2,1H3. The Hall–Kier alpha value is -0.520. The number of thiophene rings is 1. The number of nitrogens with two attached hydrogens (primary N) is 1. The summed E-state index contributed by atoms with van der Waals surface area (Å²) in [6.45, 7) is 2.64. The minimum Gasteiger partial charge on any atom is -0.330 e. The number of hydrogen-bond acceptors (Lipinski definition) is 3. The molecule has 0 aliphatic carbocycles. The molecule has 0 spiro atoms. The first-order chi connectivity index (χ1) is 8.13. The summed E-state index contributed by atoms with van der Waals surface area (Å²) in [6, 6.07) is 0.354. The predicted molar refractivity (Wildman–Crippen MR) is 66.4 cm³/mol. The highest BCUT2D eigenvalue weighted by molar-refractivity contribution is 7.08. The van der Waals surface area contributed by atoms with E-state index in [1.165, 1.54) is 11.3 Å². The first-order valence-electron chi connectivity index (χ1n) is 5.93. The fraction of sp³-hybridized carbons (Fsp3) is 0.667. The Morgan fingerprint density at radius 3 is 2.88 bits per heavy atom. The van der Waals surface area contributed by atoms with E-state index in [-0.39, 0.29) is 17.5 Å². The molecule has 5 heteroatoms. The molecule has 0 aromatic carbocycles. The lowest BCUT2D eigenvalue weighted by Gasteiger charge is -2.36. The van der Waals surface area contributed by atoms with Crippen molar-refractivity contribution in [1.29, 1.82) is 0 Å². The third-order valence-corrected chi connectivity index (χ3v) is 4.28. The van der Waals surface area contributed by atoms with Gasteiger partial charge < -0.3 is 11.1 Å². The predicted octanol–water partition coefficient (Wildman–Crippen LogP) is 3.07. The van der Waals surface area contributed by atoms with Crippen molar-refractivity contribution in [3.8, 4) is 0 Å². The van der Waals surface area contributed by atoms with Gasteiger partial charge >= 0.3 is 0 Å². The molecular weight excluding hydrogens is 242 g/mol. The Labute approximate surface area is 104 Å². The minimum absolute atomic E-state index is 0.0148. The second-order valence-corrected chi connectivity index (χ2v) is 5.45. The molecule has 3 atom stereocenters. The number of alkyl halides is 2. The maximum Gasteiger partial charge on any atom is 0.264 e. The summed E-state index contributed by atoms with van der Waals surface area (Å²) >= 11 is 1.34. The highest BCUT2D eigenvalue weighted by atomic mass is 32.1. The van der Waals surface area contributed by atoms with Gasteiger partial charge in [0.25, 0.3) is 6.43 Å². The van der Waals surface area contributed by atoms with Crippen molar-refractivity contribution in [2.24, 2.45) is 11.7 Å². The molecule has 1 fully saturated rings. The molecule has 2 heterocycles. The molecule has 3 unspecified atom stereocenters. The monoisotopic (exact) mass is 260 g/mol. The van der Waals surface area contributed by atoms with E-state index in [0.29, 0.717) is 12.6 Å². The summed E-state index contributed by atoms with van der Waals surface area (Å²) in [5, 5.41) is 6.79. The van der Waals surface area contributed by atoms with Gasteiger partial charge in [-0.3, -0.25) is 0 Å². The van der Waals surface area contributed by atoms with Gasteiger partial charge in [0.1, 0.15) is 0 Å². The van der Waals surface area contributed by atoms with E-state index in [1.54, 1.807) is 5.38 Å². The zero-order valence-electron chi connectivity index (χ0n) is 9.83. The number of nitrogens with one attached hydrogen (secondary N) is 1. The fourth-order valence-electron chi connectivity index (χ4n) is 2.50. The van der Waals surface area contributed by atoms with Crippen LogP contribution in [0.25, 0.3) is 0 Å². The first-order valence-corrected chi connectivity index (χ1v) is 6.88. The molecule has 96 valence electrons. The molecule has 17 heavy (non-hydrogen) atoms. The van der Waals surface area contributed by atoms with Gasteiger partial charge in [-0.25, -0.2) is 8.78 Å². The molecule has 3 N–H and O–H groups in total. The van der Waals surface area contributed by atoms with Crippen molar-refractivity contribution in [2.45, 2.75) is 38.3 Å². The maximum atomic E-state index is 12.9. The number of rotatable bonds is 3. The molecule has 0 amide bonds. The molecule has 2 rings (SSSR count). The van der Waals surface area contributed by atoms with Crippen LogP contribution in [0.5, 0.6) is 0 Å². The summed E-state index contributed by atoms with van der Waals surface area (Å²) in [4.78, 5) is 0. The van der Waals surface area contributed by atoms with Crippen LogP contribution in [0.2, 0.25) is 0 Å². The first kappa shape index (κ1) is 12.9. The van der Waals surface area contributed by atoms with E-state index in [4.69, 9.17) is 5.73 Å². The maximum absolute atomic E-state index is 12.9. The van der Waals surface area contributed by atoms with E-state index < -0.39 is 6.43 Å². The highest BCUT2D eigenvalue weighted by Crippen LogP contribution is 2.37. The Balaban J connectivity index is 2.25. The summed E-state index contributed by atoms with van der Waals surface area (Å²) in [6.07, 6.45) is -0.325. The van der Waals surface area contributed by atoms with Crippen LogP contribution in [0.15, 0.2) is 10.8 Å². The molecular formula is C12H18F2N2S. The average molecular weight is 260 g/mol. The summed E-state index contributed by atoms with van der Waals surface area (Å²) < 4.78 is 25.8. The second-order valence-electron chi connectivity index (χ2n) is 4.70. The number of halogens is 2. The molecule has 1 aromatic rings. The smallest absolute Gasteiger partial charge is 0.264 e. The molecule has 1 saturated heterocycles. The van der Waals surface area contributed by atoms with Crippen LogP contribution in [0.3, 0.4) is 0 Å². The zero-order chi connectivity index (χ0) is 12.4. The lowest BCUT2D eigenvalue weighted by atomic mass is 9.84. The zero-order valence-corrected chi connectivity index (χ0v) is 10.6. The Kier molecular flexibility index (Phi) is 4.12. The number of hydrogen-bond donors (Lipinski definition) is 2. The van der Waals surface area contributed by atoms with Crippen LogP contribution >= 0.6 is 11.3 Å². The quantitative estimate of drug-likeness (QED) is 0.876. The highest BCUT2D eigenvalue weighted by Gasteiger charge is 2.31. The Morgan fingerprint density at radius 1 is 1.47 bits per heavy atom. The fourth-order valence-corrected chi connectivity index (χ4v) is 3.38. The van der Waals surface area contributed by atoms with Gasteiger partial charge in [-0.2, -0.15) is 11.3 Å². The average Bonchev–Trinajstić information content (AvgIpc) is 2.77. The topological polar surface area (TPSA) is 38.0 Å². The van der Waals surface area contributed by atoms with Gasteiger partial charge in [-0.05, 0) is 48.6 Å². The minimum atomic E-state index is -2.39. The van der Waals surface area contributed by atoms with Crippen LogP contribution in [0.1, 0.15) is 43.4 Å². The van der Waals surface area contributed by atoms with Gasteiger partial charge in [0.05, 0.1) is 0 Å². The van der Waals surface area contributed by atoms with Crippen molar-refractivity contribution >= 4 is 11.3 Å². The summed E-state index contributed by atoms with van der Waals surface area (Å²) in [7, 11) is 0. The lowest BCUT2D eigenvalue weighted by molar-refractivity contribution is 0.147. The van der Waals surface area contributed by atoms with Gasteiger partial charge in [0.2, 0.25) is 0 Å². The molecule has 1 aliphatic heterocycles. The third kappa shape index (κ3) is 2.67. The summed E-state index contributed by atoms with van der Waals surface area (Å²) in [5.74, 6) is 0.262. The van der Waals surface area contributed by atoms with Crippen LogP contribution < -0.4 is 11.1 Å². The summed E-state index contributed by atoms with van der Waals surface area (Å²) in [5.41, 5.74) is 6.66. The Morgan fingerprint density at radius 2 is 2.24 bits per heavy atom. The number of piperidine rings is 1. The van der Waals surface area contributed by atoms with Crippen molar-refractivity contribution in [3.05, 3.63) is 21.9 Å². The van der Waals surface area contributed by atoms with Crippen LogP contribution in [-0.2, 0) is 0 Å². The largest absolute Gasteiger partial charge is 0.330 e. The molecule has 1 aliphatic rings. The van der Waals surface area contributed by atoms with Gasteiger partial charge in [-0.15, -0.1) is 0 Å². The Bertz CT molecular complexity index is 367. The molecule has 0 saturated carbocycles. The van der Waals surface area contributed by atoms with Crippen molar-refractivity contribution in [2.75, 3.05) is 6.54 Å². The van der Waals surface area contributed by atoms with Crippen LogP contribution in [0, 0.1) is 5.92 Å². The molecule has 0 radical (unpaired) electrons. The van der Waals surface area contributed by atoms with E-state index in [1.807, 2.05) is 5.38 Å². The normalized spacial score (nSPS) is 29.8. The van der Waals surface area contributed by atoms with Crippen molar-refractivity contribution < 1.29 is 8.78 Å². The molecule has 0 bridgehead atoms. The van der Waals surface area contributed by atoms with Crippen LogP contribution in [-0.4, -0.2) is 12.6 Å².